The molecule has 0 radical (unpaired) electrons. The van der Waals surface area contributed by atoms with Gasteiger partial charge in [-0.25, -0.2) is 4.39 Å². The molecule has 0 spiro atoms. The normalized spacial score (nSPS) is 15.9. The summed E-state index contributed by atoms with van der Waals surface area (Å²) in [7, 11) is 0. The first kappa shape index (κ1) is 15.4. The summed E-state index contributed by atoms with van der Waals surface area (Å²) in [5.41, 5.74) is 7.24. The summed E-state index contributed by atoms with van der Waals surface area (Å²) >= 11 is 5.03. The quantitative estimate of drug-likeness (QED) is 0.790. The van der Waals surface area contributed by atoms with Gasteiger partial charge >= 0.3 is 0 Å². The molecule has 0 unspecified atom stereocenters. The van der Waals surface area contributed by atoms with Gasteiger partial charge in [-0.15, -0.1) is 0 Å². The predicted molar refractivity (Wildman–Crippen MR) is 82.0 cm³/mol. The fraction of sp³-hybridized carbons (Fsp3) is 0.533. The van der Waals surface area contributed by atoms with Gasteiger partial charge in [0.25, 0.3) is 0 Å². The van der Waals surface area contributed by atoms with Crippen molar-refractivity contribution < 1.29 is 9.50 Å². The number of hydrogen-bond donors (Lipinski definition) is 2. The van der Waals surface area contributed by atoms with Gasteiger partial charge in [-0.2, -0.15) is 0 Å². The summed E-state index contributed by atoms with van der Waals surface area (Å²) in [6.45, 7) is 1.28. The van der Waals surface area contributed by atoms with E-state index in [1.165, 1.54) is 25.0 Å². The molecule has 0 aromatic heterocycles. The van der Waals surface area contributed by atoms with Crippen molar-refractivity contribution in [3.8, 4) is 0 Å². The van der Waals surface area contributed by atoms with Crippen LogP contribution in [0.5, 0.6) is 0 Å². The first-order valence-electron chi connectivity index (χ1n) is 7.05. The van der Waals surface area contributed by atoms with Crippen LogP contribution in [-0.2, 0) is 6.54 Å². The van der Waals surface area contributed by atoms with Gasteiger partial charge in [0, 0.05) is 24.7 Å². The molecule has 0 heterocycles. The van der Waals surface area contributed by atoms with E-state index in [1.807, 2.05) is 0 Å². The summed E-state index contributed by atoms with van der Waals surface area (Å²) < 4.78 is 13.5. The van der Waals surface area contributed by atoms with Gasteiger partial charge in [-0.05, 0) is 36.6 Å². The molecule has 110 valence electrons. The van der Waals surface area contributed by atoms with E-state index in [4.69, 9.17) is 18.0 Å². The molecule has 3 N–H and O–H groups in total. The molecule has 0 saturated heterocycles. The third kappa shape index (κ3) is 3.75. The third-order valence-corrected chi connectivity index (χ3v) is 4.15. The molecule has 1 fully saturated rings. The summed E-state index contributed by atoms with van der Waals surface area (Å²) in [6.07, 6.45) is 4.71. The van der Waals surface area contributed by atoms with Gasteiger partial charge in [-0.3, -0.25) is 4.90 Å². The minimum Gasteiger partial charge on any atom is -0.395 e. The third-order valence-electron chi connectivity index (χ3n) is 3.93. The Kier molecular flexibility index (Phi) is 5.46. The largest absolute Gasteiger partial charge is 0.395 e. The molecular formula is C15H21FN2OS. The summed E-state index contributed by atoms with van der Waals surface area (Å²) in [5, 5.41) is 9.24. The number of rotatable bonds is 6. The zero-order valence-corrected chi connectivity index (χ0v) is 12.3. The van der Waals surface area contributed by atoms with Gasteiger partial charge in [0.05, 0.1) is 6.61 Å². The SMILES string of the molecule is NC(=S)c1ccc(F)cc1CN(CCO)C1CCCC1. The monoisotopic (exact) mass is 296 g/mol. The highest BCUT2D eigenvalue weighted by Gasteiger charge is 2.23. The molecule has 3 nitrogen and oxygen atoms in total. The first-order chi connectivity index (χ1) is 9.61. The highest BCUT2D eigenvalue weighted by Crippen LogP contribution is 2.25. The number of nitrogens with zero attached hydrogens (tertiary/aromatic N) is 1. The van der Waals surface area contributed by atoms with Crippen molar-refractivity contribution in [2.24, 2.45) is 5.73 Å². The van der Waals surface area contributed by atoms with E-state index in [2.05, 4.69) is 4.90 Å². The highest BCUT2D eigenvalue weighted by atomic mass is 32.1. The van der Waals surface area contributed by atoms with Crippen molar-refractivity contribution in [2.45, 2.75) is 38.3 Å². The lowest BCUT2D eigenvalue weighted by Crippen LogP contribution is -2.35. The number of hydrogen-bond acceptors (Lipinski definition) is 3. The van der Waals surface area contributed by atoms with Crippen LogP contribution in [0.2, 0.25) is 0 Å². The van der Waals surface area contributed by atoms with E-state index < -0.39 is 0 Å². The summed E-state index contributed by atoms with van der Waals surface area (Å²) in [5.74, 6) is -0.282. The van der Waals surface area contributed by atoms with E-state index in [0.29, 0.717) is 19.1 Å². The molecule has 1 aromatic carbocycles. The maximum Gasteiger partial charge on any atom is 0.123 e. The topological polar surface area (TPSA) is 49.5 Å². The molecule has 0 bridgehead atoms. The van der Waals surface area contributed by atoms with E-state index >= 15 is 0 Å². The number of aliphatic hydroxyl groups is 1. The van der Waals surface area contributed by atoms with Gasteiger partial charge in [0.1, 0.15) is 10.8 Å². The predicted octanol–water partition coefficient (Wildman–Crippen LogP) is 2.20. The molecule has 20 heavy (non-hydrogen) atoms. The number of benzene rings is 1. The van der Waals surface area contributed by atoms with E-state index in [1.54, 1.807) is 6.07 Å². The second-order valence-corrected chi connectivity index (χ2v) is 5.74. The minimum absolute atomic E-state index is 0.105. The van der Waals surface area contributed by atoms with Crippen LogP contribution in [0.25, 0.3) is 0 Å². The maximum atomic E-state index is 13.5. The first-order valence-corrected chi connectivity index (χ1v) is 7.45. The fourth-order valence-electron chi connectivity index (χ4n) is 2.94. The molecule has 1 aliphatic rings. The van der Waals surface area contributed by atoms with Crippen LogP contribution in [0.3, 0.4) is 0 Å². The average Bonchev–Trinajstić information content (AvgIpc) is 2.91. The molecule has 1 aromatic rings. The van der Waals surface area contributed by atoms with E-state index in [-0.39, 0.29) is 17.4 Å². The van der Waals surface area contributed by atoms with Crippen molar-refractivity contribution in [1.82, 2.24) is 4.90 Å². The second kappa shape index (κ2) is 7.11. The zero-order valence-electron chi connectivity index (χ0n) is 11.5. The van der Waals surface area contributed by atoms with E-state index in [0.717, 1.165) is 24.0 Å². The Balaban J connectivity index is 2.20. The molecular weight excluding hydrogens is 275 g/mol. The molecule has 2 rings (SSSR count). The summed E-state index contributed by atoms with van der Waals surface area (Å²) in [4.78, 5) is 2.50. The second-order valence-electron chi connectivity index (χ2n) is 5.30. The lowest BCUT2D eigenvalue weighted by molar-refractivity contribution is 0.144. The lowest BCUT2D eigenvalue weighted by Gasteiger charge is -2.28. The average molecular weight is 296 g/mol. The van der Waals surface area contributed by atoms with E-state index in [9.17, 15) is 9.50 Å². The molecule has 1 aliphatic carbocycles. The van der Waals surface area contributed by atoms with Crippen LogP contribution in [0.15, 0.2) is 18.2 Å². The molecule has 0 amide bonds. The Morgan fingerprint density at radius 3 is 2.70 bits per heavy atom. The number of halogens is 1. The Morgan fingerprint density at radius 2 is 2.10 bits per heavy atom. The van der Waals surface area contributed by atoms with Crippen LogP contribution >= 0.6 is 12.2 Å². The number of nitrogens with two attached hydrogens (primary N) is 1. The van der Waals surface area contributed by atoms with Gasteiger partial charge in [0.15, 0.2) is 0 Å². The Bertz CT molecular complexity index is 475. The van der Waals surface area contributed by atoms with Crippen LogP contribution < -0.4 is 5.73 Å². The fourth-order valence-corrected chi connectivity index (χ4v) is 3.14. The summed E-state index contributed by atoms with van der Waals surface area (Å²) in [6, 6.07) is 4.97. The van der Waals surface area contributed by atoms with Gasteiger partial charge in [-0.1, -0.05) is 25.1 Å². The van der Waals surface area contributed by atoms with Crippen LogP contribution in [-0.4, -0.2) is 34.2 Å². The van der Waals surface area contributed by atoms with Crippen LogP contribution in [0.1, 0.15) is 36.8 Å². The Hall–Kier alpha value is -1.04. The maximum absolute atomic E-state index is 13.5. The van der Waals surface area contributed by atoms with Crippen molar-refractivity contribution in [3.63, 3.8) is 0 Å². The number of aliphatic hydroxyl groups excluding tert-OH is 1. The van der Waals surface area contributed by atoms with Crippen LogP contribution in [0.4, 0.5) is 4.39 Å². The smallest absolute Gasteiger partial charge is 0.123 e. The minimum atomic E-state index is -0.282. The molecule has 1 saturated carbocycles. The molecule has 0 atom stereocenters. The standard InChI is InChI=1S/C15H21FN2OS/c16-12-5-6-14(15(17)20)11(9-12)10-18(7-8-19)13-3-1-2-4-13/h5-6,9,13,19H,1-4,7-8,10H2,(H2,17,20). The highest BCUT2D eigenvalue weighted by molar-refractivity contribution is 7.80. The van der Waals surface area contributed by atoms with Crippen molar-refractivity contribution in [3.05, 3.63) is 35.1 Å². The van der Waals surface area contributed by atoms with Crippen LogP contribution in [0, 0.1) is 5.82 Å². The van der Waals surface area contributed by atoms with Crippen molar-refractivity contribution in [1.29, 1.82) is 0 Å². The van der Waals surface area contributed by atoms with Gasteiger partial charge in [0.2, 0.25) is 0 Å². The Labute approximate surface area is 124 Å². The number of thiocarbonyl (C=S) groups is 1. The lowest BCUT2D eigenvalue weighted by atomic mass is 10.1. The molecule has 0 aliphatic heterocycles. The van der Waals surface area contributed by atoms with Crippen molar-refractivity contribution >= 4 is 17.2 Å². The molecule has 5 heteroatoms. The van der Waals surface area contributed by atoms with Crippen molar-refractivity contribution in [2.75, 3.05) is 13.2 Å². The Morgan fingerprint density at radius 1 is 1.40 bits per heavy atom. The zero-order chi connectivity index (χ0) is 14.5. The van der Waals surface area contributed by atoms with Gasteiger partial charge < -0.3 is 10.8 Å².